The van der Waals surface area contributed by atoms with Crippen LogP contribution in [0.4, 0.5) is 0 Å². The lowest BCUT2D eigenvalue weighted by Crippen LogP contribution is -1.87. The summed E-state index contributed by atoms with van der Waals surface area (Å²) >= 11 is 0. The van der Waals surface area contributed by atoms with E-state index in [4.69, 9.17) is 0 Å². The monoisotopic (exact) mass is 211 g/mol. The van der Waals surface area contributed by atoms with Crippen LogP contribution in [0.25, 0.3) is 11.1 Å². The zero-order chi connectivity index (χ0) is 11.5. The number of rotatable bonds is 2. The van der Waals surface area contributed by atoms with Gasteiger partial charge in [-0.3, -0.25) is 9.78 Å². The number of aryl methyl sites for hydroxylation is 2. The first kappa shape index (κ1) is 10.6. The highest BCUT2D eigenvalue weighted by molar-refractivity contribution is 5.78. The van der Waals surface area contributed by atoms with Crippen LogP contribution in [-0.2, 0) is 0 Å². The van der Waals surface area contributed by atoms with Crippen molar-refractivity contribution >= 4 is 6.29 Å². The Hall–Kier alpha value is -1.96. The number of carbonyl (C=O) groups is 1. The molecule has 0 bridgehead atoms. The van der Waals surface area contributed by atoms with Crippen molar-refractivity contribution in [2.45, 2.75) is 13.8 Å². The van der Waals surface area contributed by atoms with Crippen LogP contribution >= 0.6 is 0 Å². The fourth-order valence-corrected chi connectivity index (χ4v) is 1.60. The van der Waals surface area contributed by atoms with Crippen molar-refractivity contribution in [2.75, 3.05) is 0 Å². The molecule has 80 valence electrons. The smallest absolute Gasteiger partial charge is 0.151 e. The number of nitrogens with zero attached hydrogens (tertiary/aromatic N) is 1. The van der Waals surface area contributed by atoms with Gasteiger partial charge in [0.05, 0.1) is 0 Å². The van der Waals surface area contributed by atoms with Gasteiger partial charge >= 0.3 is 0 Å². The van der Waals surface area contributed by atoms with Crippen molar-refractivity contribution < 1.29 is 4.79 Å². The Morgan fingerprint density at radius 3 is 2.50 bits per heavy atom. The molecule has 0 amide bonds. The molecule has 0 spiro atoms. The third-order valence-electron chi connectivity index (χ3n) is 2.74. The van der Waals surface area contributed by atoms with Gasteiger partial charge in [0.15, 0.2) is 6.29 Å². The van der Waals surface area contributed by atoms with Crippen LogP contribution in [0.1, 0.15) is 21.5 Å². The summed E-state index contributed by atoms with van der Waals surface area (Å²) in [6.07, 6.45) is 4.16. The molecule has 0 aliphatic heterocycles. The number of aromatic nitrogens is 1. The van der Waals surface area contributed by atoms with Crippen LogP contribution in [0.3, 0.4) is 0 Å². The average molecular weight is 211 g/mol. The van der Waals surface area contributed by atoms with Crippen LogP contribution in [-0.4, -0.2) is 11.3 Å². The molecular formula is C14H13NO. The summed E-state index contributed by atoms with van der Waals surface area (Å²) in [7, 11) is 0. The molecule has 2 nitrogen and oxygen atoms in total. The zero-order valence-electron chi connectivity index (χ0n) is 9.40. The van der Waals surface area contributed by atoms with Crippen molar-refractivity contribution in [3.05, 3.63) is 53.3 Å². The number of hydrogen-bond donors (Lipinski definition) is 0. The van der Waals surface area contributed by atoms with Crippen molar-refractivity contribution in [3.8, 4) is 11.1 Å². The highest BCUT2D eigenvalue weighted by Crippen LogP contribution is 2.21. The van der Waals surface area contributed by atoms with Crippen LogP contribution in [0.15, 0.2) is 36.7 Å². The summed E-state index contributed by atoms with van der Waals surface area (Å²) in [5, 5.41) is 0. The van der Waals surface area contributed by atoms with Gasteiger partial charge in [-0.2, -0.15) is 0 Å². The highest BCUT2D eigenvalue weighted by atomic mass is 16.1. The van der Waals surface area contributed by atoms with E-state index in [1.54, 1.807) is 12.4 Å². The second-order valence-corrected chi connectivity index (χ2v) is 3.92. The summed E-state index contributed by atoms with van der Waals surface area (Å²) in [4.78, 5) is 14.7. The molecule has 0 N–H and O–H groups in total. The Kier molecular flexibility index (Phi) is 2.82. The van der Waals surface area contributed by atoms with E-state index in [0.717, 1.165) is 17.4 Å². The Morgan fingerprint density at radius 1 is 1.00 bits per heavy atom. The van der Waals surface area contributed by atoms with Gasteiger partial charge in [-0.25, -0.2) is 0 Å². The summed E-state index contributed by atoms with van der Waals surface area (Å²) < 4.78 is 0. The molecule has 16 heavy (non-hydrogen) atoms. The predicted molar refractivity (Wildman–Crippen MR) is 64.5 cm³/mol. The van der Waals surface area contributed by atoms with Crippen molar-refractivity contribution in [1.82, 2.24) is 4.98 Å². The molecule has 0 saturated carbocycles. The average Bonchev–Trinajstić information content (AvgIpc) is 2.33. The molecule has 1 aromatic carbocycles. The molecule has 0 aliphatic rings. The van der Waals surface area contributed by atoms with Gasteiger partial charge in [0.25, 0.3) is 0 Å². The van der Waals surface area contributed by atoms with E-state index in [9.17, 15) is 4.79 Å². The third-order valence-corrected chi connectivity index (χ3v) is 2.74. The number of benzene rings is 1. The van der Waals surface area contributed by atoms with E-state index in [2.05, 4.69) is 31.0 Å². The lowest BCUT2D eigenvalue weighted by atomic mass is 10.0. The maximum absolute atomic E-state index is 10.7. The molecule has 0 unspecified atom stereocenters. The second-order valence-electron chi connectivity index (χ2n) is 3.92. The third kappa shape index (κ3) is 2.01. The van der Waals surface area contributed by atoms with Gasteiger partial charge in [-0.05, 0) is 36.6 Å². The predicted octanol–water partition coefficient (Wildman–Crippen LogP) is 3.18. The van der Waals surface area contributed by atoms with E-state index in [0.29, 0.717) is 5.56 Å². The summed E-state index contributed by atoms with van der Waals surface area (Å²) in [5.41, 5.74) is 5.19. The van der Waals surface area contributed by atoms with Crippen LogP contribution in [0, 0.1) is 13.8 Å². The number of aldehydes is 1. The molecule has 1 heterocycles. The van der Waals surface area contributed by atoms with E-state index >= 15 is 0 Å². The van der Waals surface area contributed by atoms with Gasteiger partial charge in [-0.15, -0.1) is 0 Å². The fraction of sp³-hybridized carbons (Fsp3) is 0.143. The second kappa shape index (κ2) is 4.27. The highest BCUT2D eigenvalue weighted by Gasteiger charge is 2.01. The van der Waals surface area contributed by atoms with Gasteiger partial charge < -0.3 is 0 Å². The molecular weight excluding hydrogens is 198 g/mol. The van der Waals surface area contributed by atoms with Crippen molar-refractivity contribution in [2.24, 2.45) is 0 Å². The van der Waals surface area contributed by atoms with E-state index < -0.39 is 0 Å². The molecule has 2 rings (SSSR count). The molecule has 0 fully saturated rings. The first-order chi connectivity index (χ1) is 7.70. The van der Waals surface area contributed by atoms with E-state index in [1.807, 2.05) is 12.1 Å². The minimum atomic E-state index is 0.607. The molecule has 0 atom stereocenters. The van der Waals surface area contributed by atoms with Crippen LogP contribution in [0.2, 0.25) is 0 Å². The van der Waals surface area contributed by atoms with Gasteiger partial charge in [0.2, 0.25) is 0 Å². The molecule has 1 aromatic heterocycles. The lowest BCUT2D eigenvalue weighted by molar-refractivity contribution is 0.112. The minimum Gasteiger partial charge on any atom is -0.298 e. The maximum atomic E-state index is 10.7. The Balaban J connectivity index is 2.49. The normalized spacial score (nSPS) is 10.1. The minimum absolute atomic E-state index is 0.607. The van der Waals surface area contributed by atoms with Gasteiger partial charge in [-0.1, -0.05) is 18.2 Å². The lowest BCUT2D eigenvalue weighted by Gasteiger charge is -2.05. The van der Waals surface area contributed by atoms with Gasteiger partial charge in [0, 0.05) is 23.5 Å². The zero-order valence-corrected chi connectivity index (χ0v) is 9.40. The molecule has 0 saturated heterocycles. The van der Waals surface area contributed by atoms with E-state index in [-0.39, 0.29) is 0 Å². The largest absolute Gasteiger partial charge is 0.298 e. The molecule has 2 heteroatoms. The van der Waals surface area contributed by atoms with Gasteiger partial charge in [0.1, 0.15) is 0 Å². The van der Waals surface area contributed by atoms with Crippen LogP contribution < -0.4 is 0 Å². The summed E-state index contributed by atoms with van der Waals surface area (Å²) in [5.74, 6) is 0. The Morgan fingerprint density at radius 2 is 1.81 bits per heavy atom. The first-order valence-electron chi connectivity index (χ1n) is 5.18. The molecule has 0 aliphatic carbocycles. The van der Waals surface area contributed by atoms with Crippen molar-refractivity contribution in [3.63, 3.8) is 0 Å². The quantitative estimate of drug-likeness (QED) is 0.714. The van der Waals surface area contributed by atoms with E-state index in [1.165, 1.54) is 11.1 Å². The number of hydrogen-bond acceptors (Lipinski definition) is 2. The summed E-state index contributed by atoms with van der Waals surface area (Å²) in [6.45, 7) is 4.16. The fourth-order valence-electron chi connectivity index (χ4n) is 1.60. The number of carbonyl (C=O) groups excluding carboxylic acids is 1. The molecule has 0 radical (unpaired) electrons. The Bertz CT molecular complexity index is 532. The topological polar surface area (TPSA) is 30.0 Å². The standard InChI is InChI=1S/C14H13NO/c1-10-3-4-13(5-11(10)2)14-6-12(9-16)7-15-8-14/h3-9H,1-2H3. The first-order valence-corrected chi connectivity index (χ1v) is 5.18. The summed E-state index contributed by atoms with van der Waals surface area (Å²) in [6, 6.07) is 8.09. The Labute approximate surface area is 95.0 Å². The maximum Gasteiger partial charge on any atom is 0.151 e. The number of pyridine rings is 1. The van der Waals surface area contributed by atoms with Crippen LogP contribution in [0.5, 0.6) is 0 Å². The van der Waals surface area contributed by atoms with Crippen molar-refractivity contribution in [1.29, 1.82) is 0 Å². The SMILES string of the molecule is Cc1ccc(-c2cncc(C=O)c2)cc1C. The molecule has 2 aromatic rings.